The van der Waals surface area contributed by atoms with Crippen LogP contribution in [-0.4, -0.2) is 28.3 Å². The molecule has 2 aromatic rings. The van der Waals surface area contributed by atoms with Gasteiger partial charge >= 0.3 is 11.9 Å². The number of alkyl halides is 3. The highest BCUT2D eigenvalue weighted by Crippen LogP contribution is 2.31. The maximum absolute atomic E-state index is 12.3. The Bertz CT molecular complexity index is 716. The second-order valence-corrected chi connectivity index (χ2v) is 4.52. The van der Waals surface area contributed by atoms with Crippen molar-refractivity contribution in [3.63, 3.8) is 0 Å². The monoisotopic (exact) mass is 330 g/mol. The van der Waals surface area contributed by atoms with Crippen molar-refractivity contribution in [3.05, 3.63) is 46.4 Å². The lowest BCUT2D eigenvalue weighted by Gasteiger charge is -2.13. The average molecular weight is 330 g/mol. The van der Waals surface area contributed by atoms with Crippen LogP contribution in [0.25, 0.3) is 0 Å². The number of aromatic nitrogens is 2. The number of nitrogens with one attached hydrogen (secondary N) is 1. The molecule has 0 unspecified atom stereocenters. The Hall–Kier alpha value is -2.71. The van der Waals surface area contributed by atoms with Gasteiger partial charge in [-0.1, -0.05) is 12.1 Å². The first kappa shape index (κ1) is 16.7. The third kappa shape index (κ3) is 5.20. The lowest BCUT2D eigenvalue weighted by atomic mass is 10.2. The van der Waals surface area contributed by atoms with Crippen molar-refractivity contribution in [2.24, 2.45) is 0 Å². The molecule has 0 fully saturated rings. The van der Waals surface area contributed by atoms with Crippen molar-refractivity contribution < 1.29 is 27.8 Å². The number of aryl methyl sites for hydroxylation is 1. The van der Waals surface area contributed by atoms with E-state index in [0.717, 1.165) is 6.07 Å². The molecular formula is C14H13F3N2O4. The largest absolute Gasteiger partial charge is 0.573 e. The summed E-state index contributed by atoms with van der Waals surface area (Å²) in [5.74, 6) is -0.887. The minimum Gasteiger partial charge on any atom is -0.503 e. The van der Waals surface area contributed by atoms with E-state index in [0.29, 0.717) is 18.5 Å². The molecule has 0 aliphatic carbocycles. The Labute approximate surface area is 128 Å². The van der Waals surface area contributed by atoms with E-state index in [9.17, 15) is 23.1 Å². The fourth-order valence-corrected chi connectivity index (χ4v) is 1.78. The second kappa shape index (κ2) is 7.03. The van der Waals surface area contributed by atoms with E-state index < -0.39 is 23.4 Å². The normalized spacial score (nSPS) is 11.3. The van der Waals surface area contributed by atoms with Gasteiger partial charge in [0.05, 0.1) is 12.3 Å². The van der Waals surface area contributed by atoms with Crippen LogP contribution in [-0.2, 0) is 6.42 Å². The first-order valence-electron chi connectivity index (χ1n) is 6.60. The summed E-state index contributed by atoms with van der Waals surface area (Å²) in [4.78, 5) is 10.9. The number of rotatable bonds is 6. The van der Waals surface area contributed by atoms with Gasteiger partial charge in [0.1, 0.15) is 0 Å². The van der Waals surface area contributed by atoms with Crippen LogP contribution in [0.2, 0.25) is 0 Å². The van der Waals surface area contributed by atoms with E-state index in [1.54, 1.807) is 0 Å². The molecule has 0 aliphatic heterocycles. The fraction of sp³-hybridized carbons (Fsp3) is 0.286. The maximum atomic E-state index is 12.3. The number of benzene rings is 1. The fourth-order valence-electron chi connectivity index (χ4n) is 1.78. The lowest BCUT2D eigenvalue weighted by molar-refractivity contribution is -0.275. The molecule has 0 aliphatic rings. The van der Waals surface area contributed by atoms with Gasteiger partial charge in [0, 0.05) is 6.07 Å². The van der Waals surface area contributed by atoms with Gasteiger partial charge in [0.25, 0.3) is 0 Å². The van der Waals surface area contributed by atoms with Crippen LogP contribution < -0.4 is 15.0 Å². The third-order valence-electron chi connectivity index (χ3n) is 2.75. The second-order valence-electron chi connectivity index (χ2n) is 4.52. The molecule has 6 nitrogen and oxygen atoms in total. The molecule has 1 aromatic carbocycles. The van der Waals surface area contributed by atoms with Gasteiger partial charge < -0.3 is 14.6 Å². The molecule has 23 heavy (non-hydrogen) atoms. The molecule has 1 heterocycles. The summed E-state index contributed by atoms with van der Waals surface area (Å²) >= 11 is 0. The summed E-state index contributed by atoms with van der Waals surface area (Å²) in [6, 6.07) is 6.68. The van der Waals surface area contributed by atoms with Crippen molar-refractivity contribution in [2.75, 3.05) is 6.61 Å². The van der Waals surface area contributed by atoms with Crippen LogP contribution in [0.5, 0.6) is 17.2 Å². The van der Waals surface area contributed by atoms with Crippen LogP contribution in [0.4, 0.5) is 13.2 Å². The Morgan fingerprint density at radius 3 is 2.57 bits per heavy atom. The number of nitrogens with zero attached hydrogens (tertiary/aromatic N) is 1. The van der Waals surface area contributed by atoms with E-state index in [-0.39, 0.29) is 12.4 Å². The Kier molecular flexibility index (Phi) is 5.09. The van der Waals surface area contributed by atoms with Gasteiger partial charge in [-0.3, -0.25) is 4.79 Å². The van der Waals surface area contributed by atoms with Crippen molar-refractivity contribution in [3.8, 4) is 17.2 Å². The maximum Gasteiger partial charge on any atom is 0.573 e. The summed E-state index contributed by atoms with van der Waals surface area (Å²) < 4.78 is 45.9. The summed E-state index contributed by atoms with van der Waals surface area (Å²) in [5, 5.41) is 15.1. The SMILES string of the molecule is O=c1[nH]nc(CCCOc2ccccc2OC(F)(F)F)cc1O. The Morgan fingerprint density at radius 2 is 1.91 bits per heavy atom. The third-order valence-corrected chi connectivity index (χ3v) is 2.75. The number of para-hydroxylation sites is 2. The van der Waals surface area contributed by atoms with E-state index >= 15 is 0 Å². The zero-order valence-electron chi connectivity index (χ0n) is 11.8. The van der Waals surface area contributed by atoms with Gasteiger partial charge in [-0.25, -0.2) is 5.10 Å². The number of ether oxygens (including phenoxy) is 2. The quantitative estimate of drug-likeness (QED) is 0.795. The first-order chi connectivity index (χ1) is 10.8. The summed E-state index contributed by atoms with van der Waals surface area (Å²) in [6.07, 6.45) is -4.01. The zero-order chi connectivity index (χ0) is 16.9. The minimum absolute atomic E-state index is 0.0258. The standard InChI is InChI=1S/C14H13F3N2O4/c15-14(16,17)23-12-6-2-1-5-11(12)22-7-3-4-9-8-10(20)13(21)19-18-9/h1-2,5-6,8H,3-4,7H2,(H,18,20)(H,19,21). The van der Waals surface area contributed by atoms with Crippen LogP contribution in [0.1, 0.15) is 12.1 Å². The molecule has 2 N–H and O–H groups in total. The average Bonchev–Trinajstić information content (AvgIpc) is 2.47. The molecule has 0 radical (unpaired) electrons. The molecular weight excluding hydrogens is 317 g/mol. The summed E-state index contributed by atoms with van der Waals surface area (Å²) in [5.41, 5.74) is -0.256. The van der Waals surface area contributed by atoms with Crippen LogP contribution in [0.15, 0.2) is 35.1 Å². The molecule has 0 saturated heterocycles. The highest BCUT2D eigenvalue weighted by atomic mass is 19.4. The molecule has 9 heteroatoms. The van der Waals surface area contributed by atoms with E-state index in [1.165, 1.54) is 24.3 Å². The van der Waals surface area contributed by atoms with Crippen LogP contribution >= 0.6 is 0 Å². The molecule has 0 atom stereocenters. The molecule has 0 bridgehead atoms. The number of hydrogen-bond donors (Lipinski definition) is 2. The highest BCUT2D eigenvalue weighted by molar-refractivity contribution is 5.39. The topological polar surface area (TPSA) is 84.4 Å². The summed E-state index contributed by atoms with van der Waals surface area (Å²) in [7, 11) is 0. The lowest BCUT2D eigenvalue weighted by Crippen LogP contribution is -2.17. The number of aromatic hydroxyl groups is 1. The molecule has 0 amide bonds. The Morgan fingerprint density at radius 1 is 1.22 bits per heavy atom. The van der Waals surface area contributed by atoms with Crippen molar-refractivity contribution in [1.82, 2.24) is 10.2 Å². The van der Waals surface area contributed by atoms with Crippen LogP contribution in [0.3, 0.4) is 0 Å². The van der Waals surface area contributed by atoms with E-state index in [4.69, 9.17) is 4.74 Å². The van der Waals surface area contributed by atoms with E-state index in [1.807, 2.05) is 0 Å². The minimum atomic E-state index is -4.79. The molecule has 0 spiro atoms. The van der Waals surface area contributed by atoms with Gasteiger partial charge in [-0.15, -0.1) is 13.2 Å². The predicted octanol–water partition coefficient (Wildman–Crippen LogP) is 2.39. The number of H-pyrrole nitrogens is 1. The van der Waals surface area contributed by atoms with Gasteiger partial charge in [0.15, 0.2) is 17.2 Å². The molecule has 1 aromatic heterocycles. The number of aromatic amines is 1. The molecule has 2 rings (SSSR count). The molecule has 124 valence electrons. The predicted molar refractivity (Wildman–Crippen MR) is 73.5 cm³/mol. The highest BCUT2D eigenvalue weighted by Gasteiger charge is 2.32. The Balaban J connectivity index is 1.89. The van der Waals surface area contributed by atoms with Gasteiger partial charge in [-0.05, 0) is 25.0 Å². The van der Waals surface area contributed by atoms with Gasteiger partial charge in [0.2, 0.25) is 0 Å². The van der Waals surface area contributed by atoms with Gasteiger partial charge in [-0.2, -0.15) is 5.10 Å². The number of hydrogen-bond acceptors (Lipinski definition) is 5. The van der Waals surface area contributed by atoms with Crippen molar-refractivity contribution in [1.29, 1.82) is 0 Å². The molecule has 0 saturated carbocycles. The van der Waals surface area contributed by atoms with Crippen LogP contribution in [0, 0.1) is 0 Å². The summed E-state index contributed by atoms with van der Waals surface area (Å²) in [6.45, 7) is 0.111. The number of halogens is 3. The van der Waals surface area contributed by atoms with E-state index in [2.05, 4.69) is 14.9 Å². The van der Waals surface area contributed by atoms with Crippen molar-refractivity contribution in [2.45, 2.75) is 19.2 Å². The first-order valence-corrected chi connectivity index (χ1v) is 6.60. The smallest absolute Gasteiger partial charge is 0.503 e. The van der Waals surface area contributed by atoms with Crippen molar-refractivity contribution >= 4 is 0 Å². The zero-order valence-corrected chi connectivity index (χ0v) is 11.8.